The highest BCUT2D eigenvalue weighted by Gasteiger charge is 2.28. The summed E-state index contributed by atoms with van der Waals surface area (Å²) in [7, 11) is 0. The Morgan fingerprint density at radius 3 is 2.80 bits per heavy atom. The summed E-state index contributed by atoms with van der Waals surface area (Å²) in [5.74, 6) is -1.27. The summed E-state index contributed by atoms with van der Waals surface area (Å²) in [6, 6.07) is -0.946. The molecule has 5 nitrogen and oxygen atoms in total. The fraction of sp³-hybridized carbons (Fsp3) is 0.615. The maximum absolute atomic E-state index is 12.0. The first-order chi connectivity index (χ1) is 9.23. The number of hydrogen-bond donors (Lipinski definition) is 3. The number of carbonyl (C=O) groups is 2. The predicted molar refractivity (Wildman–Crippen MR) is 85.7 cm³/mol. The second kappa shape index (κ2) is 7.17. The van der Waals surface area contributed by atoms with Gasteiger partial charge in [-0.25, -0.2) is 4.79 Å². The standard InChI is InChI=1S/C13H20N2O3S2/c1-13(2,3)14-5-8-4-10(20-7-8)11(16)15-9(6-19)12(17)18/h5,7,9-10,19H,4,6H2,1-3H3,(H,15,16)(H,17,18)/b14-5-. The van der Waals surface area contributed by atoms with Crippen molar-refractivity contribution in [1.82, 2.24) is 5.32 Å². The molecule has 1 rings (SSSR count). The molecular weight excluding hydrogens is 296 g/mol. The molecule has 0 radical (unpaired) electrons. The molecule has 0 aromatic carbocycles. The van der Waals surface area contributed by atoms with Crippen molar-refractivity contribution in [3.8, 4) is 0 Å². The van der Waals surface area contributed by atoms with E-state index in [-0.39, 0.29) is 22.4 Å². The molecule has 2 N–H and O–H groups in total. The van der Waals surface area contributed by atoms with E-state index in [4.69, 9.17) is 5.11 Å². The number of aliphatic carboxylic acids is 1. The number of allylic oxidation sites excluding steroid dienone is 1. The van der Waals surface area contributed by atoms with Gasteiger partial charge in [0.1, 0.15) is 6.04 Å². The highest BCUT2D eigenvalue weighted by molar-refractivity contribution is 8.03. The van der Waals surface area contributed by atoms with Crippen LogP contribution in [0.15, 0.2) is 16.0 Å². The lowest BCUT2D eigenvalue weighted by atomic mass is 10.1. The van der Waals surface area contributed by atoms with Crippen LogP contribution in [0.1, 0.15) is 27.2 Å². The lowest BCUT2D eigenvalue weighted by Crippen LogP contribution is -2.45. The zero-order valence-electron chi connectivity index (χ0n) is 11.8. The van der Waals surface area contributed by atoms with E-state index in [1.807, 2.05) is 26.2 Å². The number of thiol groups is 1. The highest BCUT2D eigenvalue weighted by Crippen LogP contribution is 2.29. The first-order valence-corrected chi connectivity index (χ1v) is 7.84. The first kappa shape index (κ1) is 17.1. The number of thioether (sulfide) groups is 1. The molecule has 2 unspecified atom stereocenters. The van der Waals surface area contributed by atoms with Crippen molar-refractivity contribution in [3.63, 3.8) is 0 Å². The van der Waals surface area contributed by atoms with Crippen LogP contribution in [-0.2, 0) is 9.59 Å². The molecule has 1 aliphatic heterocycles. The van der Waals surface area contributed by atoms with Gasteiger partial charge in [-0.05, 0) is 38.2 Å². The molecule has 0 aliphatic carbocycles. The third kappa shape index (κ3) is 5.58. The van der Waals surface area contributed by atoms with E-state index in [0.717, 1.165) is 5.57 Å². The summed E-state index contributed by atoms with van der Waals surface area (Å²) in [5.41, 5.74) is 0.842. The van der Waals surface area contributed by atoms with E-state index in [1.165, 1.54) is 11.8 Å². The zero-order valence-corrected chi connectivity index (χ0v) is 13.5. The number of nitrogens with zero attached hydrogens (tertiary/aromatic N) is 1. The molecule has 1 heterocycles. The van der Waals surface area contributed by atoms with Gasteiger partial charge in [0.15, 0.2) is 0 Å². The van der Waals surface area contributed by atoms with Crippen LogP contribution in [0.2, 0.25) is 0 Å². The summed E-state index contributed by atoms with van der Waals surface area (Å²) in [6.45, 7) is 6.00. The van der Waals surface area contributed by atoms with Crippen molar-refractivity contribution >= 4 is 42.5 Å². The molecule has 20 heavy (non-hydrogen) atoms. The van der Waals surface area contributed by atoms with E-state index in [2.05, 4.69) is 22.9 Å². The number of rotatable bonds is 5. The van der Waals surface area contributed by atoms with E-state index >= 15 is 0 Å². The molecule has 112 valence electrons. The molecular formula is C13H20N2O3S2. The molecule has 0 bridgehead atoms. The number of amides is 1. The Balaban J connectivity index is 2.52. The van der Waals surface area contributed by atoms with Gasteiger partial charge in [0, 0.05) is 12.0 Å². The maximum Gasteiger partial charge on any atom is 0.327 e. The van der Waals surface area contributed by atoms with E-state index in [1.54, 1.807) is 6.21 Å². The van der Waals surface area contributed by atoms with Gasteiger partial charge in [-0.3, -0.25) is 9.79 Å². The Hall–Kier alpha value is -0.950. The van der Waals surface area contributed by atoms with Crippen LogP contribution in [0.25, 0.3) is 0 Å². The Labute approximate surface area is 128 Å². The third-order valence-electron chi connectivity index (χ3n) is 2.51. The Bertz CT molecular complexity index is 441. The Kier molecular flexibility index (Phi) is 6.13. The van der Waals surface area contributed by atoms with Gasteiger partial charge in [0.2, 0.25) is 5.91 Å². The summed E-state index contributed by atoms with van der Waals surface area (Å²) in [4.78, 5) is 27.2. The largest absolute Gasteiger partial charge is 0.480 e. The number of carboxylic acid groups (broad SMARTS) is 1. The molecule has 2 atom stereocenters. The number of nitrogens with one attached hydrogen (secondary N) is 1. The Morgan fingerprint density at radius 2 is 2.30 bits per heavy atom. The fourth-order valence-corrected chi connectivity index (χ4v) is 2.67. The lowest BCUT2D eigenvalue weighted by Gasteiger charge is -2.15. The first-order valence-electron chi connectivity index (χ1n) is 6.26. The summed E-state index contributed by atoms with van der Waals surface area (Å²) >= 11 is 5.31. The van der Waals surface area contributed by atoms with Gasteiger partial charge >= 0.3 is 5.97 Å². The van der Waals surface area contributed by atoms with Gasteiger partial charge in [-0.15, -0.1) is 11.8 Å². The van der Waals surface area contributed by atoms with Crippen molar-refractivity contribution in [2.75, 3.05) is 5.75 Å². The SMILES string of the molecule is CC(C)(C)/N=C\C1=CSC(C(=O)NC(CS)C(=O)O)C1. The second-order valence-corrected chi connectivity index (χ2v) is 6.97. The van der Waals surface area contributed by atoms with E-state index in [0.29, 0.717) is 6.42 Å². The molecule has 0 spiro atoms. The van der Waals surface area contributed by atoms with Crippen LogP contribution >= 0.6 is 24.4 Å². The molecule has 0 saturated heterocycles. The topological polar surface area (TPSA) is 78.8 Å². The van der Waals surface area contributed by atoms with Gasteiger partial charge in [-0.1, -0.05) is 0 Å². The minimum Gasteiger partial charge on any atom is -0.480 e. The molecule has 0 aromatic rings. The summed E-state index contributed by atoms with van der Waals surface area (Å²) in [6.07, 6.45) is 2.35. The van der Waals surface area contributed by atoms with Crippen LogP contribution in [0.3, 0.4) is 0 Å². The summed E-state index contributed by atoms with van der Waals surface area (Å²) < 4.78 is 0. The quantitative estimate of drug-likeness (QED) is 0.533. The second-order valence-electron chi connectivity index (χ2n) is 5.53. The lowest BCUT2D eigenvalue weighted by molar-refractivity contribution is -0.141. The van der Waals surface area contributed by atoms with Crippen LogP contribution < -0.4 is 5.32 Å². The predicted octanol–water partition coefficient (Wildman–Crippen LogP) is 1.74. The van der Waals surface area contributed by atoms with Gasteiger partial charge < -0.3 is 10.4 Å². The van der Waals surface area contributed by atoms with Crippen molar-refractivity contribution in [1.29, 1.82) is 0 Å². The molecule has 7 heteroatoms. The number of hydrogen-bond acceptors (Lipinski definition) is 5. The van der Waals surface area contributed by atoms with E-state index in [9.17, 15) is 9.59 Å². The monoisotopic (exact) mass is 316 g/mol. The smallest absolute Gasteiger partial charge is 0.327 e. The van der Waals surface area contributed by atoms with Gasteiger partial charge in [-0.2, -0.15) is 12.6 Å². The normalized spacial score (nSPS) is 20.8. The number of carboxylic acids is 1. The van der Waals surface area contributed by atoms with Crippen molar-refractivity contribution < 1.29 is 14.7 Å². The van der Waals surface area contributed by atoms with Crippen molar-refractivity contribution in [2.24, 2.45) is 4.99 Å². The molecule has 1 aliphatic rings. The highest BCUT2D eigenvalue weighted by atomic mass is 32.2. The van der Waals surface area contributed by atoms with Crippen LogP contribution in [-0.4, -0.2) is 45.8 Å². The van der Waals surface area contributed by atoms with E-state index < -0.39 is 12.0 Å². The number of carbonyl (C=O) groups excluding carboxylic acids is 1. The molecule has 0 saturated carbocycles. The minimum atomic E-state index is -1.07. The zero-order chi connectivity index (χ0) is 15.3. The number of aliphatic imine (C=N–C) groups is 1. The molecule has 1 amide bonds. The van der Waals surface area contributed by atoms with Crippen molar-refractivity contribution in [2.45, 2.75) is 44.0 Å². The van der Waals surface area contributed by atoms with Crippen LogP contribution in [0, 0.1) is 0 Å². The Morgan fingerprint density at radius 1 is 1.65 bits per heavy atom. The molecule has 0 aromatic heterocycles. The fourth-order valence-electron chi connectivity index (χ4n) is 1.44. The maximum atomic E-state index is 12.0. The van der Waals surface area contributed by atoms with Gasteiger partial charge in [0.05, 0.1) is 10.8 Å². The van der Waals surface area contributed by atoms with Gasteiger partial charge in [0.25, 0.3) is 0 Å². The third-order valence-corrected chi connectivity index (χ3v) is 4.03. The average molecular weight is 316 g/mol. The van der Waals surface area contributed by atoms with Crippen molar-refractivity contribution in [3.05, 3.63) is 11.0 Å². The van der Waals surface area contributed by atoms with Crippen LogP contribution in [0.4, 0.5) is 0 Å². The van der Waals surface area contributed by atoms with Crippen LogP contribution in [0.5, 0.6) is 0 Å². The summed E-state index contributed by atoms with van der Waals surface area (Å²) in [5, 5.41) is 13.0. The average Bonchev–Trinajstić information content (AvgIpc) is 2.80. The molecule has 0 fully saturated rings. The minimum absolute atomic E-state index is 0.0736.